The molecule has 0 atom stereocenters. The highest BCUT2D eigenvalue weighted by Gasteiger charge is 2.48. The Morgan fingerprint density at radius 1 is 1.10 bits per heavy atom. The summed E-state index contributed by atoms with van der Waals surface area (Å²) in [5.41, 5.74) is 3.08. The van der Waals surface area contributed by atoms with E-state index in [1.165, 1.54) is 22.3 Å². The van der Waals surface area contributed by atoms with Gasteiger partial charge in [0.05, 0.1) is 21.5 Å². The molecule has 1 aromatic heterocycles. The maximum Gasteiger partial charge on any atom is 0.339 e. The Balaban J connectivity index is 1.36. The number of aryl methyl sites for hydroxylation is 2. The maximum absolute atomic E-state index is 14.0. The molecular formula is C32H29FN2O5S. The third-order valence-corrected chi connectivity index (χ3v) is 9.84. The predicted octanol–water partition coefficient (Wildman–Crippen LogP) is 5.83. The number of hydrogen-bond donors (Lipinski definition) is 0. The molecule has 1 spiro atoms. The summed E-state index contributed by atoms with van der Waals surface area (Å²) >= 11 is 0. The Morgan fingerprint density at radius 3 is 2.56 bits per heavy atom. The quantitative estimate of drug-likeness (QED) is 0.281. The van der Waals surface area contributed by atoms with Gasteiger partial charge in [-0.2, -0.15) is 0 Å². The summed E-state index contributed by atoms with van der Waals surface area (Å²) in [5, 5.41) is 0.535. The number of benzene rings is 3. The van der Waals surface area contributed by atoms with Crippen molar-refractivity contribution in [3.05, 3.63) is 107 Å². The summed E-state index contributed by atoms with van der Waals surface area (Å²) in [6, 6.07) is 14.6. The molecule has 1 saturated heterocycles. The molecule has 3 heterocycles. The van der Waals surface area contributed by atoms with Gasteiger partial charge < -0.3 is 9.64 Å². The minimum absolute atomic E-state index is 0.127. The molecule has 0 N–H and O–H groups in total. The number of carbonyl (C=O) groups excluding carboxylic acids is 2. The number of hydrogen-bond acceptors (Lipinski definition) is 5. The third kappa shape index (κ3) is 4.35. The molecule has 1 amide bonds. The summed E-state index contributed by atoms with van der Waals surface area (Å²) in [6.45, 7) is 8.19. The number of carbonyl (C=O) groups is 2. The van der Waals surface area contributed by atoms with Gasteiger partial charge in [0.2, 0.25) is 0 Å². The maximum atomic E-state index is 14.0. The number of rotatable bonds is 5. The number of likely N-dealkylation sites (tertiary alicyclic amines) is 1. The van der Waals surface area contributed by atoms with Crippen molar-refractivity contribution in [1.29, 1.82) is 0 Å². The molecule has 0 bridgehead atoms. The highest BCUT2D eigenvalue weighted by atomic mass is 32.2. The predicted molar refractivity (Wildman–Crippen MR) is 154 cm³/mol. The molecule has 41 heavy (non-hydrogen) atoms. The van der Waals surface area contributed by atoms with Crippen LogP contribution in [0.15, 0.2) is 72.3 Å². The van der Waals surface area contributed by atoms with Crippen LogP contribution in [-0.2, 0) is 26.8 Å². The highest BCUT2D eigenvalue weighted by Crippen LogP contribution is 2.44. The van der Waals surface area contributed by atoms with Gasteiger partial charge in [-0.25, -0.2) is 21.6 Å². The molecule has 0 aliphatic carbocycles. The number of nitrogens with zero attached hydrogens (tertiary/aromatic N) is 2. The zero-order chi connectivity index (χ0) is 29.1. The fraction of sp³-hybridized carbons (Fsp3) is 0.250. The first-order chi connectivity index (χ1) is 19.6. The highest BCUT2D eigenvalue weighted by molar-refractivity contribution is 7.90. The molecule has 9 heteroatoms. The number of halogens is 1. The van der Waals surface area contributed by atoms with Crippen LogP contribution in [0.3, 0.4) is 0 Å². The zero-order valence-corrected chi connectivity index (χ0v) is 23.6. The normalized spacial score (nSPS) is 16.2. The van der Waals surface area contributed by atoms with Crippen molar-refractivity contribution in [3.8, 4) is 0 Å². The van der Waals surface area contributed by atoms with Crippen LogP contribution in [0.1, 0.15) is 62.7 Å². The molecule has 4 aromatic rings. The lowest BCUT2D eigenvalue weighted by atomic mass is 9.83. The van der Waals surface area contributed by atoms with Crippen molar-refractivity contribution >= 4 is 38.9 Å². The van der Waals surface area contributed by atoms with Crippen LogP contribution in [0.5, 0.6) is 0 Å². The molecule has 0 saturated carbocycles. The standard InChI is InChI=1S/C32H29FN2O5S/c1-4-21-15-22(5-2)17-24(16-21)41(38,39)35-19-27(25-8-6-20(3)14-29(25)35)30(36)34-12-10-32(11-13-34)28-9-7-23(33)18-26(28)31(37)40-32/h4,6-9,14-19H,1,5,10-13H2,2-3H3. The van der Waals surface area contributed by atoms with Crippen molar-refractivity contribution in [2.45, 2.75) is 43.6 Å². The molecule has 7 nitrogen and oxygen atoms in total. The first-order valence-corrected chi connectivity index (χ1v) is 15.0. The Kier molecular flexibility index (Phi) is 6.37. The molecule has 6 rings (SSSR count). The summed E-state index contributed by atoms with van der Waals surface area (Å²) in [4.78, 5) is 28.1. The molecule has 0 unspecified atom stereocenters. The summed E-state index contributed by atoms with van der Waals surface area (Å²) in [6.07, 6.45) is 4.39. The summed E-state index contributed by atoms with van der Waals surface area (Å²) in [5.74, 6) is -1.37. The van der Waals surface area contributed by atoms with Crippen molar-refractivity contribution in [3.63, 3.8) is 0 Å². The monoisotopic (exact) mass is 572 g/mol. The molecule has 0 radical (unpaired) electrons. The Labute approximate surface area is 237 Å². The Bertz CT molecular complexity index is 1870. The molecule has 210 valence electrons. The average molecular weight is 573 g/mol. The molecule has 1 fully saturated rings. The number of esters is 1. The summed E-state index contributed by atoms with van der Waals surface area (Å²) in [7, 11) is -4.04. The van der Waals surface area contributed by atoms with Gasteiger partial charge in [-0.05, 0) is 60.4 Å². The largest absolute Gasteiger partial charge is 0.450 e. The van der Waals surface area contributed by atoms with Crippen molar-refractivity contribution in [2.24, 2.45) is 0 Å². The molecule has 3 aromatic carbocycles. The minimum Gasteiger partial charge on any atom is -0.450 e. The van der Waals surface area contributed by atoms with Crippen LogP contribution in [-0.4, -0.2) is 42.3 Å². The van der Waals surface area contributed by atoms with Crippen molar-refractivity contribution < 1.29 is 27.1 Å². The lowest BCUT2D eigenvalue weighted by molar-refractivity contribution is -0.0389. The van der Waals surface area contributed by atoms with Crippen LogP contribution >= 0.6 is 0 Å². The lowest BCUT2D eigenvalue weighted by Gasteiger charge is -2.38. The first-order valence-electron chi connectivity index (χ1n) is 13.5. The van der Waals surface area contributed by atoms with Crippen molar-refractivity contribution in [1.82, 2.24) is 8.87 Å². The van der Waals surface area contributed by atoms with Gasteiger partial charge in [0.15, 0.2) is 0 Å². The third-order valence-electron chi connectivity index (χ3n) is 8.19. The van der Waals surface area contributed by atoms with Crippen LogP contribution < -0.4 is 0 Å². The second-order valence-corrected chi connectivity index (χ2v) is 12.5. The van der Waals surface area contributed by atoms with Gasteiger partial charge in [-0.15, -0.1) is 0 Å². The minimum atomic E-state index is -4.04. The van der Waals surface area contributed by atoms with Gasteiger partial charge in [0, 0.05) is 43.1 Å². The van der Waals surface area contributed by atoms with E-state index >= 15 is 0 Å². The van der Waals surface area contributed by atoms with Crippen LogP contribution in [0, 0.1) is 12.7 Å². The second kappa shape index (κ2) is 9.69. The van der Waals surface area contributed by atoms with Crippen LogP contribution in [0.25, 0.3) is 17.0 Å². The van der Waals surface area contributed by atoms with Gasteiger partial charge in [-0.1, -0.05) is 43.8 Å². The molecule has 2 aliphatic heterocycles. The van der Waals surface area contributed by atoms with E-state index in [4.69, 9.17) is 4.74 Å². The fourth-order valence-electron chi connectivity index (χ4n) is 5.93. The lowest BCUT2D eigenvalue weighted by Crippen LogP contribution is -2.45. The fourth-order valence-corrected chi connectivity index (χ4v) is 7.40. The Hall–Kier alpha value is -4.24. The van der Waals surface area contributed by atoms with Crippen LogP contribution in [0.2, 0.25) is 0 Å². The van der Waals surface area contributed by atoms with E-state index in [0.29, 0.717) is 41.3 Å². The van der Waals surface area contributed by atoms with E-state index in [1.54, 1.807) is 41.3 Å². The number of ether oxygens (including phenoxy) is 1. The van der Waals surface area contributed by atoms with E-state index in [-0.39, 0.29) is 35.0 Å². The van der Waals surface area contributed by atoms with Gasteiger partial charge in [0.25, 0.3) is 15.9 Å². The molecular weight excluding hydrogens is 543 g/mol. The first kappa shape index (κ1) is 27.0. The van der Waals surface area contributed by atoms with Crippen LogP contribution in [0.4, 0.5) is 4.39 Å². The van der Waals surface area contributed by atoms with E-state index in [1.807, 2.05) is 26.0 Å². The smallest absolute Gasteiger partial charge is 0.339 e. The van der Waals surface area contributed by atoms with E-state index in [9.17, 15) is 22.4 Å². The van der Waals surface area contributed by atoms with Crippen molar-refractivity contribution in [2.75, 3.05) is 13.1 Å². The number of amides is 1. The van der Waals surface area contributed by atoms with Gasteiger partial charge >= 0.3 is 5.97 Å². The number of fused-ring (bicyclic) bond motifs is 3. The number of aromatic nitrogens is 1. The Morgan fingerprint density at radius 2 is 1.85 bits per heavy atom. The topological polar surface area (TPSA) is 85.7 Å². The van der Waals surface area contributed by atoms with E-state index < -0.39 is 27.4 Å². The zero-order valence-electron chi connectivity index (χ0n) is 22.8. The van der Waals surface area contributed by atoms with E-state index in [2.05, 4.69) is 6.58 Å². The number of piperidine rings is 1. The second-order valence-electron chi connectivity index (χ2n) is 10.7. The molecule has 2 aliphatic rings. The van der Waals surface area contributed by atoms with E-state index in [0.717, 1.165) is 11.1 Å². The SMILES string of the molecule is C=Cc1cc(CC)cc(S(=O)(=O)n2cc(C(=O)N3CCC4(CC3)OC(=O)c3cc(F)ccc34)c3ccc(C)cc32)c1. The van der Waals surface area contributed by atoms with Gasteiger partial charge in [-0.3, -0.25) is 4.79 Å². The average Bonchev–Trinajstić information content (AvgIpc) is 3.47. The van der Waals surface area contributed by atoms with Gasteiger partial charge in [0.1, 0.15) is 11.4 Å². The summed E-state index contributed by atoms with van der Waals surface area (Å²) < 4.78 is 48.6.